The number of rotatable bonds is 8. The number of aryl methyl sites for hydroxylation is 2. The third kappa shape index (κ3) is 5.85. The molecule has 43 heavy (non-hydrogen) atoms. The molecule has 3 aromatic rings. The largest absolute Gasteiger partial charge is 0.488 e. The topological polar surface area (TPSA) is 103 Å². The third-order valence-corrected chi connectivity index (χ3v) is 10.2. The molecule has 3 fully saturated rings. The zero-order chi connectivity index (χ0) is 30.2. The van der Waals surface area contributed by atoms with Crippen molar-refractivity contribution in [3.05, 3.63) is 64.0 Å². The van der Waals surface area contributed by atoms with E-state index in [1.165, 1.54) is 0 Å². The maximum Gasteiger partial charge on any atom is 0.307 e. The number of nitrogens with zero attached hydrogens (tertiary/aromatic N) is 4. The summed E-state index contributed by atoms with van der Waals surface area (Å²) < 4.78 is 6.40. The van der Waals surface area contributed by atoms with Crippen LogP contribution < -0.4 is 9.64 Å². The fraction of sp³-hybridized carbons (Fsp3) is 0.455. The summed E-state index contributed by atoms with van der Waals surface area (Å²) in [6.07, 6.45) is 2.69. The second kappa shape index (κ2) is 12.0. The molecule has 2 aliphatic heterocycles. The molecule has 226 valence electrons. The van der Waals surface area contributed by atoms with E-state index in [1.54, 1.807) is 28.2 Å². The Morgan fingerprint density at radius 2 is 1.84 bits per heavy atom. The number of aliphatic carboxylic acids is 1. The van der Waals surface area contributed by atoms with Crippen molar-refractivity contribution in [3.63, 3.8) is 0 Å². The number of thiazole rings is 1. The van der Waals surface area contributed by atoms with Gasteiger partial charge in [-0.1, -0.05) is 24.6 Å². The fourth-order valence-electron chi connectivity index (χ4n) is 6.78. The number of carboxylic acids is 1. The molecule has 2 amide bonds. The summed E-state index contributed by atoms with van der Waals surface area (Å²) in [4.78, 5) is 47.6. The lowest BCUT2D eigenvalue weighted by Crippen LogP contribution is -2.50. The number of piperidine rings is 1. The van der Waals surface area contributed by atoms with E-state index >= 15 is 0 Å². The van der Waals surface area contributed by atoms with Crippen LogP contribution in [0.2, 0.25) is 0 Å². The molecule has 3 aliphatic rings. The highest BCUT2D eigenvalue weighted by molar-refractivity contribution is 7.14. The summed E-state index contributed by atoms with van der Waals surface area (Å²) in [6.45, 7) is 7.12. The molecule has 3 heterocycles. The van der Waals surface area contributed by atoms with Gasteiger partial charge in [0.1, 0.15) is 18.9 Å². The molecule has 0 spiro atoms. The maximum absolute atomic E-state index is 13.1. The number of fused-ring (bicyclic) bond motifs is 2. The van der Waals surface area contributed by atoms with Gasteiger partial charge in [-0.25, -0.2) is 4.98 Å². The van der Waals surface area contributed by atoms with E-state index < -0.39 is 5.97 Å². The lowest BCUT2D eigenvalue weighted by molar-refractivity contribution is -0.144. The van der Waals surface area contributed by atoms with E-state index in [1.807, 2.05) is 37.3 Å². The predicted molar refractivity (Wildman–Crippen MR) is 166 cm³/mol. The number of aromatic nitrogens is 1. The first-order valence-corrected chi connectivity index (χ1v) is 15.9. The van der Waals surface area contributed by atoms with Gasteiger partial charge in [0.25, 0.3) is 5.91 Å². The Morgan fingerprint density at radius 3 is 2.53 bits per heavy atom. The zero-order valence-corrected chi connectivity index (χ0v) is 25.7. The van der Waals surface area contributed by atoms with E-state index in [0.29, 0.717) is 25.3 Å². The van der Waals surface area contributed by atoms with Crippen LogP contribution in [-0.2, 0) is 22.6 Å². The van der Waals surface area contributed by atoms with Crippen LogP contribution in [0.4, 0.5) is 5.13 Å². The monoisotopic (exact) mass is 602 g/mol. The second-order valence-electron chi connectivity index (χ2n) is 12.0. The molecule has 3 atom stereocenters. The number of likely N-dealkylation sites (N-methyl/N-ethyl adjacent to an activating group) is 1. The molecule has 10 heteroatoms. The summed E-state index contributed by atoms with van der Waals surface area (Å²) in [6, 6.07) is 11.8. The smallest absolute Gasteiger partial charge is 0.307 e. The van der Waals surface area contributed by atoms with Gasteiger partial charge in [-0.15, -0.1) is 11.3 Å². The average Bonchev–Trinajstić information content (AvgIpc) is 3.60. The second-order valence-corrected chi connectivity index (χ2v) is 12.9. The molecule has 2 aromatic carbocycles. The third-order valence-electron chi connectivity index (χ3n) is 9.25. The lowest BCUT2D eigenvalue weighted by Gasteiger charge is -2.35. The lowest BCUT2D eigenvalue weighted by atomic mass is 9.85. The maximum atomic E-state index is 13.1. The average molecular weight is 603 g/mol. The molecular formula is C33H38N4O5S. The van der Waals surface area contributed by atoms with E-state index in [-0.39, 0.29) is 36.1 Å². The van der Waals surface area contributed by atoms with Gasteiger partial charge < -0.3 is 24.5 Å². The highest BCUT2D eigenvalue weighted by atomic mass is 32.1. The van der Waals surface area contributed by atoms with Gasteiger partial charge in [0.05, 0.1) is 11.6 Å². The quantitative estimate of drug-likeness (QED) is 0.398. The van der Waals surface area contributed by atoms with Crippen LogP contribution in [0.1, 0.15) is 46.8 Å². The number of carbonyl (C=O) groups excluding carboxylic acids is 2. The normalized spacial score (nSPS) is 21.8. The molecule has 0 unspecified atom stereocenters. The van der Waals surface area contributed by atoms with Crippen LogP contribution in [0.3, 0.4) is 0 Å². The van der Waals surface area contributed by atoms with E-state index in [4.69, 9.17) is 9.72 Å². The minimum atomic E-state index is -0.660. The van der Waals surface area contributed by atoms with Crippen molar-refractivity contribution in [2.24, 2.45) is 17.8 Å². The number of anilines is 1. The van der Waals surface area contributed by atoms with E-state index in [2.05, 4.69) is 23.3 Å². The number of amides is 2. The Balaban J connectivity index is 1.17. The summed E-state index contributed by atoms with van der Waals surface area (Å²) >= 11 is 1.60. The number of ether oxygens (including phenoxy) is 1. The van der Waals surface area contributed by atoms with Gasteiger partial charge in [-0.3, -0.25) is 14.4 Å². The number of piperazine rings is 1. The van der Waals surface area contributed by atoms with Gasteiger partial charge in [0.15, 0.2) is 5.13 Å². The Bertz CT molecular complexity index is 1540. The molecule has 0 radical (unpaired) electrons. The molecule has 6 rings (SSSR count). The fourth-order valence-corrected chi connectivity index (χ4v) is 7.63. The van der Waals surface area contributed by atoms with Gasteiger partial charge >= 0.3 is 5.97 Å². The van der Waals surface area contributed by atoms with Crippen LogP contribution in [0.15, 0.2) is 41.8 Å². The minimum absolute atomic E-state index is 0.0451. The van der Waals surface area contributed by atoms with Crippen molar-refractivity contribution < 1.29 is 24.2 Å². The van der Waals surface area contributed by atoms with Crippen LogP contribution in [0, 0.1) is 24.7 Å². The molecule has 1 N–H and O–H groups in total. The van der Waals surface area contributed by atoms with Gasteiger partial charge in [0.2, 0.25) is 5.91 Å². The van der Waals surface area contributed by atoms with Gasteiger partial charge in [-0.05, 0) is 73.4 Å². The van der Waals surface area contributed by atoms with Gasteiger partial charge in [-0.2, -0.15) is 0 Å². The van der Waals surface area contributed by atoms with Crippen molar-refractivity contribution in [3.8, 4) is 17.0 Å². The minimum Gasteiger partial charge on any atom is -0.488 e. The number of carbonyl (C=O) groups is 3. The Kier molecular flexibility index (Phi) is 8.13. The Hall–Kier alpha value is -3.92. The number of hydrogen-bond acceptors (Lipinski definition) is 7. The first-order valence-electron chi connectivity index (χ1n) is 15.0. The molecule has 1 saturated carbocycles. The standard InChI is InChI=1S/C33H38N4O5S/c1-4-21-14-22(31(39)36-12-11-35(3)29(38)17-36)6-9-25(21)18-42-28-10-5-20(2)13-26(28)27-19-43-33(34-27)37-15-23-7-8-24(16-37)30(23)32(40)41/h5-6,9-10,13-14,19,23-24,30H,4,7-8,11-12,15-18H2,1-3H3,(H,40,41)/t23-,24+,30+. The number of hydrogen-bond donors (Lipinski definition) is 1. The number of carboxylic acid groups (broad SMARTS) is 1. The highest BCUT2D eigenvalue weighted by Gasteiger charge is 2.46. The van der Waals surface area contributed by atoms with Crippen molar-refractivity contribution in [2.45, 2.75) is 39.7 Å². The first-order chi connectivity index (χ1) is 20.7. The number of benzene rings is 2. The summed E-state index contributed by atoms with van der Waals surface area (Å²) in [5.41, 5.74) is 5.52. The van der Waals surface area contributed by atoms with Crippen LogP contribution >= 0.6 is 11.3 Å². The molecule has 2 bridgehead atoms. The SMILES string of the molecule is CCc1cc(C(=O)N2CCN(C)C(=O)C2)ccc1COc1ccc(C)cc1-c1csc(N2C[C@H]3CC[C@@H](C2)[C@H]3C(=O)O)n1. The first kappa shape index (κ1) is 29.2. The molecule has 9 nitrogen and oxygen atoms in total. The summed E-state index contributed by atoms with van der Waals surface area (Å²) in [5.74, 6) is 0.0432. The summed E-state index contributed by atoms with van der Waals surface area (Å²) in [5, 5.41) is 12.7. The van der Waals surface area contributed by atoms with Crippen LogP contribution in [-0.4, -0.2) is 77.4 Å². The molecule has 1 aromatic heterocycles. The van der Waals surface area contributed by atoms with E-state index in [9.17, 15) is 19.5 Å². The summed E-state index contributed by atoms with van der Waals surface area (Å²) in [7, 11) is 1.76. The van der Waals surface area contributed by atoms with Crippen molar-refractivity contribution >= 4 is 34.3 Å². The van der Waals surface area contributed by atoms with Crippen LogP contribution in [0.5, 0.6) is 5.75 Å². The highest BCUT2D eigenvalue weighted by Crippen LogP contribution is 2.44. The van der Waals surface area contributed by atoms with Crippen molar-refractivity contribution in [1.29, 1.82) is 0 Å². The zero-order valence-electron chi connectivity index (χ0n) is 24.9. The molecule has 2 saturated heterocycles. The van der Waals surface area contributed by atoms with Crippen molar-refractivity contribution in [1.82, 2.24) is 14.8 Å². The molecule has 1 aliphatic carbocycles. The Morgan fingerprint density at radius 1 is 1.07 bits per heavy atom. The van der Waals surface area contributed by atoms with E-state index in [0.717, 1.165) is 71.2 Å². The molecular weight excluding hydrogens is 564 g/mol. The van der Waals surface area contributed by atoms with Crippen molar-refractivity contribution in [2.75, 3.05) is 44.7 Å². The van der Waals surface area contributed by atoms with Crippen LogP contribution in [0.25, 0.3) is 11.3 Å². The Labute approximate surface area is 256 Å². The predicted octanol–water partition coefficient (Wildman–Crippen LogP) is 4.72. The van der Waals surface area contributed by atoms with Gasteiger partial charge in [0, 0.05) is 49.7 Å².